The predicted molar refractivity (Wildman–Crippen MR) is 75.2 cm³/mol. The Kier molecular flexibility index (Phi) is 4.81. The molecule has 1 aliphatic carbocycles. The van der Waals surface area contributed by atoms with Crippen LogP contribution in [0.2, 0.25) is 0 Å². The molecule has 1 saturated heterocycles. The highest BCUT2D eigenvalue weighted by Gasteiger charge is 2.31. The van der Waals surface area contributed by atoms with Gasteiger partial charge in [-0.1, -0.05) is 11.6 Å². The van der Waals surface area contributed by atoms with Crippen molar-refractivity contribution in [2.24, 2.45) is 5.73 Å². The summed E-state index contributed by atoms with van der Waals surface area (Å²) in [7, 11) is 0. The molecule has 108 valence electrons. The van der Waals surface area contributed by atoms with Crippen LogP contribution in [-0.4, -0.2) is 33.7 Å². The highest BCUT2D eigenvalue weighted by atomic mass is 35.5. The number of piperidine rings is 1. The first-order valence-electron chi connectivity index (χ1n) is 7.06. The molecule has 0 bridgehead atoms. The highest BCUT2D eigenvalue weighted by Crippen LogP contribution is 2.38. The van der Waals surface area contributed by atoms with Crippen LogP contribution in [0.1, 0.15) is 56.7 Å². The molecule has 2 aliphatic rings. The van der Waals surface area contributed by atoms with E-state index in [1.807, 2.05) is 0 Å². The van der Waals surface area contributed by atoms with E-state index in [0.29, 0.717) is 12.0 Å². The van der Waals surface area contributed by atoms with Gasteiger partial charge >= 0.3 is 0 Å². The first-order chi connectivity index (χ1) is 8.74. The first-order valence-corrected chi connectivity index (χ1v) is 7.06. The minimum atomic E-state index is 0. The maximum absolute atomic E-state index is 6.07. The van der Waals surface area contributed by atoms with Crippen molar-refractivity contribution in [3.05, 3.63) is 11.7 Å². The lowest BCUT2D eigenvalue weighted by Gasteiger charge is -2.37. The minimum Gasteiger partial charge on any atom is -0.339 e. The van der Waals surface area contributed by atoms with E-state index in [1.165, 1.54) is 32.1 Å². The first kappa shape index (κ1) is 14.8. The van der Waals surface area contributed by atoms with E-state index >= 15 is 0 Å². The summed E-state index contributed by atoms with van der Waals surface area (Å²) < 4.78 is 5.31. The van der Waals surface area contributed by atoms with Gasteiger partial charge in [0.1, 0.15) is 0 Å². The Bertz CT molecular complexity index is 405. The van der Waals surface area contributed by atoms with Gasteiger partial charge in [-0.2, -0.15) is 4.98 Å². The molecule has 0 aromatic carbocycles. The van der Waals surface area contributed by atoms with E-state index in [2.05, 4.69) is 22.0 Å². The highest BCUT2D eigenvalue weighted by molar-refractivity contribution is 5.85. The molecule has 1 aliphatic heterocycles. The van der Waals surface area contributed by atoms with Gasteiger partial charge in [0.2, 0.25) is 5.89 Å². The van der Waals surface area contributed by atoms with E-state index in [-0.39, 0.29) is 18.4 Å². The van der Waals surface area contributed by atoms with Gasteiger partial charge in [-0.05, 0) is 39.2 Å². The Morgan fingerprint density at radius 1 is 1.37 bits per heavy atom. The zero-order chi connectivity index (χ0) is 12.5. The molecule has 19 heavy (non-hydrogen) atoms. The van der Waals surface area contributed by atoms with Crippen molar-refractivity contribution in [3.8, 4) is 0 Å². The zero-order valence-electron chi connectivity index (χ0n) is 11.4. The van der Waals surface area contributed by atoms with Gasteiger partial charge in [0.05, 0.1) is 6.54 Å². The molecule has 0 amide bonds. The predicted octanol–water partition coefficient (Wildman–Crippen LogP) is 2.07. The Morgan fingerprint density at radius 2 is 2.16 bits per heavy atom. The fraction of sp³-hybridized carbons (Fsp3) is 0.846. The van der Waals surface area contributed by atoms with Gasteiger partial charge in [0.15, 0.2) is 5.82 Å². The van der Waals surface area contributed by atoms with Crippen LogP contribution in [0.25, 0.3) is 0 Å². The third-order valence-electron chi connectivity index (χ3n) is 4.03. The van der Waals surface area contributed by atoms with Crippen molar-refractivity contribution >= 4 is 12.4 Å². The minimum absolute atomic E-state index is 0. The summed E-state index contributed by atoms with van der Waals surface area (Å²) in [5.41, 5.74) is 6.07. The zero-order valence-corrected chi connectivity index (χ0v) is 12.2. The Hall–Kier alpha value is -0.650. The van der Waals surface area contributed by atoms with Gasteiger partial charge in [0, 0.05) is 18.0 Å². The lowest BCUT2D eigenvalue weighted by molar-refractivity contribution is 0.118. The summed E-state index contributed by atoms with van der Waals surface area (Å²) in [6.07, 6.45) is 6.12. The van der Waals surface area contributed by atoms with Crippen molar-refractivity contribution in [2.45, 2.75) is 63.6 Å². The topological polar surface area (TPSA) is 68.2 Å². The normalized spacial score (nSPS) is 25.9. The number of nitrogens with two attached hydrogens (primary N) is 1. The lowest BCUT2D eigenvalue weighted by Crippen LogP contribution is -2.48. The molecule has 2 N–H and O–H groups in total. The second-order valence-corrected chi connectivity index (χ2v) is 5.72. The van der Waals surface area contributed by atoms with Crippen LogP contribution in [0.3, 0.4) is 0 Å². The standard InChI is InChI=1S/C13H22N4O.ClH/c1-9(14)11-4-2-3-7-17(11)8-12-15-13(18-16-12)10-5-6-10;/h9-11H,2-8,14H2,1H3;1H. The molecule has 2 unspecified atom stereocenters. The van der Waals surface area contributed by atoms with Crippen LogP contribution < -0.4 is 5.73 Å². The SMILES string of the molecule is CC(N)C1CCCCN1Cc1noc(C2CC2)n1.Cl. The molecule has 1 aromatic heterocycles. The van der Waals surface area contributed by atoms with Crippen LogP contribution in [0.5, 0.6) is 0 Å². The summed E-state index contributed by atoms with van der Waals surface area (Å²) >= 11 is 0. The molecule has 2 atom stereocenters. The van der Waals surface area contributed by atoms with Crippen LogP contribution >= 0.6 is 12.4 Å². The lowest BCUT2D eigenvalue weighted by atomic mass is 9.97. The van der Waals surface area contributed by atoms with Crippen molar-refractivity contribution < 1.29 is 4.52 Å². The molecule has 3 rings (SSSR count). The van der Waals surface area contributed by atoms with E-state index in [4.69, 9.17) is 10.3 Å². The van der Waals surface area contributed by atoms with Crippen LogP contribution in [0.15, 0.2) is 4.52 Å². The number of aromatic nitrogens is 2. The number of hydrogen-bond donors (Lipinski definition) is 1. The van der Waals surface area contributed by atoms with Gasteiger partial charge in [-0.3, -0.25) is 4.90 Å². The molecule has 1 aromatic rings. The van der Waals surface area contributed by atoms with Crippen molar-refractivity contribution in [2.75, 3.05) is 6.54 Å². The summed E-state index contributed by atoms with van der Waals surface area (Å²) in [4.78, 5) is 6.91. The van der Waals surface area contributed by atoms with Gasteiger partial charge < -0.3 is 10.3 Å². The Balaban J connectivity index is 0.00000133. The van der Waals surface area contributed by atoms with Gasteiger partial charge in [-0.15, -0.1) is 12.4 Å². The molecular weight excluding hydrogens is 264 g/mol. The van der Waals surface area contributed by atoms with E-state index in [0.717, 1.165) is 24.8 Å². The quantitative estimate of drug-likeness (QED) is 0.918. The monoisotopic (exact) mass is 286 g/mol. The van der Waals surface area contributed by atoms with Gasteiger partial charge in [0.25, 0.3) is 0 Å². The smallest absolute Gasteiger partial charge is 0.229 e. The van der Waals surface area contributed by atoms with Crippen LogP contribution in [0, 0.1) is 0 Å². The van der Waals surface area contributed by atoms with Crippen molar-refractivity contribution in [1.29, 1.82) is 0 Å². The van der Waals surface area contributed by atoms with Crippen LogP contribution in [0.4, 0.5) is 0 Å². The van der Waals surface area contributed by atoms with E-state index in [9.17, 15) is 0 Å². The number of rotatable bonds is 4. The molecule has 0 radical (unpaired) electrons. The van der Waals surface area contributed by atoms with Crippen molar-refractivity contribution in [3.63, 3.8) is 0 Å². The molecule has 0 spiro atoms. The summed E-state index contributed by atoms with van der Waals surface area (Å²) in [5.74, 6) is 2.20. The average molecular weight is 287 g/mol. The van der Waals surface area contributed by atoms with Gasteiger partial charge in [-0.25, -0.2) is 0 Å². The average Bonchev–Trinajstić information content (AvgIpc) is 3.11. The third kappa shape index (κ3) is 3.46. The number of nitrogens with zero attached hydrogens (tertiary/aromatic N) is 3. The Morgan fingerprint density at radius 3 is 2.84 bits per heavy atom. The second-order valence-electron chi connectivity index (χ2n) is 5.72. The number of hydrogen-bond acceptors (Lipinski definition) is 5. The Labute approximate surface area is 120 Å². The molecule has 2 fully saturated rings. The number of halogens is 1. The maximum atomic E-state index is 6.07. The molecule has 2 heterocycles. The fourth-order valence-corrected chi connectivity index (χ4v) is 2.82. The van der Waals surface area contributed by atoms with Crippen molar-refractivity contribution in [1.82, 2.24) is 15.0 Å². The van der Waals surface area contributed by atoms with Crippen LogP contribution in [-0.2, 0) is 6.54 Å². The number of likely N-dealkylation sites (tertiary alicyclic amines) is 1. The summed E-state index contributed by atoms with van der Waals surface area (Å²) in [5, 5.41) is 4.10. The molecule has 6 heteroatoms. The fourth-order valence-electron chi connectivity index (χ4n) is 2.82. The summed E-state index contributed by atoms with van der Waals surface area (Å²) in [6, 6.07) is 0.668. The van der Waals surface area contributed by atoms with E-state index < -0.39 is 0 Å². The second kappa shape index (κ2) is 6.20. The van der Waals surface area contributed by atoms with E-state index in [1.54, 1.807) is 0 Å². The largest absolute Gasteiger partial charge is 0.339 e. The third-order valence-corrected chi connectivity index (χ3v) is 4.03. The summed E-state index contributed by atoms with van der Waals surface area (Å²) in [6.45, 7) is 3.97. The molecular formula is C13H23ClN4O. The molecule has 1 saturated carbocycles. The molecule has 5 nitrogen and oxygen atoms in total. The maximum Gasteiger partial charge on any atom is 0.229 e.